The topological polar surface area (TPSA) is 43.8 Å². The van der Waals surface area contributed by atoms with E-state index in [2.05, 4.69) is 4.31 Å². The van der Waals surface area contributed by atoms with Gasteiger partial charge in [0.1, 0.15) is 5.82 Å². The lowest BCUT2D eigenvalue weighted by Crippen LogP contribution is -2.49. The Balaban J connectivity index is 1.68. The summed E-state index contributed by atoms with van der Waals surface area (Å²) in [6.07, 6.45) is -4.75. The van der Waals surface area contributed by atoms with Crippen LogP contribution in [-0.4, -0.2) is 41.1 Å². The molecule has 1 saturated heterocycles. The van der Waals surface area contributed by atoms with Gasteiger partial charge in [-0.15, -0.1) is 0 Å². The number of carboxylic acids is 1. The smallest absolute Gasteiger partial charge is 0.419 e. The SMILES string of the molecule is Cc1cc(CC(=O)O)cc(SN2CCN(c3ccc(C(F)(F)F)c(F)c3)C[C@H]2C)c1. The summed E-state index contributed by atoms with van der Waals surface area (Å²) in [6.45, 7) is 5.60. The summed E-state index contributed by atoms with van der Waals surface area (Å²) in [6, 6.07) is 8.78. The van der Waals surface area contributed by atoms with Gasteiger partial charge in [0.2, 0.25) is 0 Å². The number of carboxylic acid groups (broad SMARTS) is 1. The van der Waals surface area contributed by atoms with Gasteiger partial charge < -0.3 is 10.0 Å². The fourth-order valence-electron chi connectivity index (χ4n) is 3.53. The van der Waals surface area contributed by atoms with Gasteiger partial charge in [-0.2, -0.15) is 13.2 Å². The van der Waals surface area contributed by atoms with E-state index in [0.29, 0.717) is 25.3 Å². The average Bonchev–Trinajstić information content (AvgIpc) is 2.61. The Morgan fingerprint density at radius 3 is 2.53 bits per heavy atom. The number of hydrogen-bond acceptors (Lipinski definition) is 4. The summed E-state index contributed by atoms with van der Waals surface area (Å²) in [4.78, 5) is 13.8. The van der Waals surface area contributed by atoms with Crippen LogP contribution in [0.5, 0.6) is 0 Å². The molecule has 1 aliphatic rings. The molecule has 9 heteroatoms. The molecule has 2 aromatic carbocycles. The second-order valence-electron chi connectivity index (χ2n) is 7.41. The number of anilines is 1. The Morgan fingerprint density at radius 2 is 1.93 bits per heavy atom. The van der Waals surface area contributed by atoms with Gasteiger partial charge in [0, 0.05) is 36.3 Å². The maximum absolute atomic E-state index is 13.9. The Bertz CT molecular complexity index is 936. The van der Waals surface area contributed by atoms with Crippen molar-refractivity contribution in [3.8, 4) is 0 Å². The Labute approximate surface area is 176 Å². The zero-order chi connectivity index (χ0) is 22.1. The normalized spacial score (nSPS) is 17.9. The quantitative estimate of drug-likeness (QED) is 0.522. The molecule has 2 aromatic rings. The van der Waals surface area contributed by atoms with Crippen LogP contribution < -0.4 is 4.90 Å². The summed E-state index contributed by atoms with van der Waals surface area (Å²) in [5.41, 5.74) is 0.876. The van der Waals surface area contributed by atoms with Crippen LogP contribution in [-0.2, 0) is 17.4 Å². The maximum atomic E-state index is 13.9. The van der Waals surface area contributed by atoms with Crippen molar-refractivity contribution in [1.82, 2.24) is 4.31 Å². The van der Waals surface area contributed by atoms with Gasteiger partial charge in [-0.05, 0) is 67.3 Å². The zero-order valence-electron chi connectivity index (χ0n) is 16.5. The molecule has 1 N–H and O–H groups in total. The molecule has 3 rings (SSSR count). The van der Waals surface area contributed by atoms with E-state index in [9.17, 15) is 22.4 Å². The number of hydrogen-bond donors (Lipinski definition) is 1. The molecular formula is C21H22F4N2O2S. The highest BCUT2D eigenvalue weighted by molar-refractivity contribution is 7.97. The predicted molar refractivity (Wildman–Crippen MR) is 108 cm³/mol. The minimum atomic E-state index is -4.71. The summed E-state index contributed by atoms with van der Waals surface area (Å²) in [5, 5.41) is 9.02. The number of nitrogens with zero attached hydrogens (tertiary/aromatic N) is 2. The summed E-state index contributed by atoms with van der Waals surface area (Å²) in [5.74, 6) is -2.16. The largest absolute Gasteiger partial charge is 0.481 e. The van der Waals surface area contributed by atoms with Crippen LogP contribution in [0.2, 0.25) is 0 Å². The first-order chi connectivity index (χ1) is 14.0. The zero-order valence-corrected chi connectivity index (χ0v) is 17.4. The molecule has 0 radical (unpaired) electrons. The molecule has 0 saturated carbocycles. The van der Waals surface area contributed by atoms with Gasteiger partial charge in [0.05, 0.1) is 12.0 Å². The van der Waals surface area contributed by atoms with Crippen molar-refractivity contribution in [2.45, 2.75) is 37.4 Å². The van der Waals surface area contributed by atoms with Gasteiger partial charge in [-0.3, -0.25) is 4.79 Å². The fourth-order valence-corrected chi connectivity index (χ4v) is 4.66. The van der Waals surface area contributed by atoms with Crippen molar-refractivity contribution in [2.75, 3.05) is 24.5 Å². The van der Waals surface area contributed by atoms with E-state index in [-0.39, 0.29) is 12.5 Å². The number of piperazine rings is 1. The molecule has 162 valence electrons. The third kappa shape index (κ3) is 5.46. The molecule has 1 atom stereocenters. The van der Waals surface area contributed by atoms with Gasteiger partial charge in [0.25, 0.3) is 0 Å². The van der Waals surface area contributed by atoms with Crippen molar-refractivity contribution in [1.29, 1.82) is 0 Å². The first-order valence-electron chi connectivity index (χ1n) is 9.41. The highest BCUT2D eigenvalue weighted by atomic mass is 32.2. The highest BCUT2D eigenvalue weighted by Crippen LogP contribution is 2.34. The molecule has 30 heavy (non-hydrogen) atoms. The molecule has 0 spiro atoms. The first-order valence-corrected chi connectivity index (χ1v) is 10.2. The number of aliphatic carboxylic acids is 1. The molecule has 0 aliphatic carbocycles. The Morgan fingerprint density at radius 1 is 1.20 bits per heavy atom. The van der Waals surface area contributed by atoms with Crippen LogP contribution in [0.3, 0.4) is 0 Å². The van der Waals surface area contributed by atoms with E-state index >= 15 is 0 Å². The monoisotopic (exact) mass is 442 g/mol. The summed E-state index contributed by atoms with van der Waals surface area (Å²) < 4.78 is 54.4. The number of aryl methyl sites for hydroxylation is 1. The van der Waals surface area contributed by atoms with E-state index in [1.54, 1.807) is 0 Å². The molecule has 0 unspecified atom stereocenters. The molecular weight excluding hydrogens is 420 g/mol. The van der Waals surface area contributed by atoms with Crippen LogP contribution in [0.25, 0.3) is 0 Å². The lowest BCUT2D eigenvalue weighted by atomic mass is 10.1. The minimum absolute atomic E-state index is 0.0436. The summed E-state index contributed by atoms with van der Waals surface area (Å²) in [7, 11) is 0. The maximum Gasteiger partial charge on any atom is 0.419 e. The lowest BCUT2D eigenvalue weighted by molar-refractivity contribution is -0.140. The molecule has 1 fully saturated rings. The standard InChI is InChI=1S/C21H22F4N2O2S/c1-13-7-15(10-20(28)29)9-17(8-13)30-27-6-5-26(12-14(27)2)16-3-4-18(19(22)11-16)21(23,24)25/h3-4,7-9,11,14H,5-6,10,12H2,1-2H3,(H,28,29)/t14-/m1/s1. The molecule has 1 heterocycles. The molecule has 0 bridgehead atoms. The number of carbonyl (C=O) groups is 1. The van der Waals surface area contributed by atoms with Crippen molar-refractivity contribution in [2.24, 2.45) is 0 Å². The van der Waals surface area contributed by atoms with E-state index in [4.69, 9.17) is 5.11 Å². The van der Waals surface area contributed by atoms with Gasteiger partial charge in [-0.25, -0.2) is 8.70 Å². The lowest BCUT2D eigenvalue weighted by Gasteiger charge is -2.40. The van der Waals surface area contributed by atoms with E-state index in [0.717, 1.165) is 28.2 Å². The number of rotatable bonds is 5. The third-order valence-electron chi connectivity index (χ3n) is 4.88. The van der Waals surface area contributed by atoms with E-state index in [1.807, 2.05) is 36.9 Å². The van der Waals surface area contributed by atoms with Gasteiger partial charge in [0.15, 0.2) is 0 Å². The first kappa shape index (κ1) is 22.4. The Hall–Kier alpha value is -2.26. The van der Waals surface area contributed by atoms with Crippen LogP contribution in [0.1, 0.15) is 23.6 Å². The Kier molecular flexibility index (Phi) is 6.62. The predicted octanol–water partition coefficient (Wildman–Crippen LogP) is 5.00. The van der Waals surface area contributed by atoms with Crippen LogP contribution >= 0.6 is 11.9 Å². The van der Waals surface area contributed by atoms with Crippen LogP contribution in [0.15, 0.2) is 41.3 Å². The minimum Gasteiger partial charge on any atom is -0.481 e. The molecule has 4 nitrogen and oxygen atoms in total. The van der Waals surface area contributed by atoms with Crippen LogP contribution in [0.4, 0.5) is 23.2 Å². The van der Waals surface area contributed by atoms with E-state index < -0.39 is 23.5 Å². The number of benzene rings is 2. The van der Waals surface area contributed by atoms with Crippen molar-refractivity contribution >= 4 is 23.6 Å². The average molecular weight is 442 g/mol. The fraction of sp³-hybridized carbons (Fsp3) is 0.381. The number of halogens is 4. The second kappa shape index (κ2) is 8.85. The second-order valence-corrected chi connectivity index (χ2v) is 8.54. The van der Waals surface area contributed by atoms with Crippen molar-refractivity contribution in [3.63, 3.8) is 0 Å². The molecule has 0 aromatic heterocycles. The number of alkyl halides is 3. The van der Waals surface area contributed by atoms with Gasteiger partial charge >= 0.3 is 12.1 Å². The van der Waals surface area contributed by atoms with Crippen LogP contribution in [0, 0.1) is 12.7 Å². The molecule has 0 amide bonds. The van der Waals surface area contributed by atoms with Crippen molar-refractivity contribution < 1.29 is 27.5 Å². The summed E-state index contributed by atoms with van der Waals surface area (Å²) >= 11 is 1.53. The molecule has 1 aliphatic heterocycles. The third-order valence-corrected chi connectivity index (χ3v) is 6.10. The van der Waals surface area contributed by atoms with Crippen molar-refractivity contribution in [3.05, 3.63) is 58.9 Å². The highest BCUT2D eigenvalue weighted by Gasteiger charge is 2.34. The van der Waals surface area contributed by atoms with E-state index in [1.165, 1.54) is 18.0 Å². The van der Waals surface area contributed by atoms with Gasteiger partial charge in [-0.1, -0.05) is 6.07 Å².